The summed E-state index contributed by atoms with van der Waals surface area (Å²) in [5, 5.41) is 0. The van der Waals surface area contributed by atoms with Crippen molar-refractivity contribution in [1.82, 2.24) is 4.98 Å². The first kappa shape index (κ1) is 13.9. The van der Waals surface area contributed by atoms with Gasteiger partial charge in [0.15, 0.2) is 0 Å². The van der Waals surface area contributed by atoms with Crippen molar-refractivity contribution < 1.29 is 4.74 Å². The highest BCUT2D eigenvalue weighted by atomic mass is 79.9. The summed E-state index contributed by atoms with van der Waals surface area (Å²) in [5.74, 6) is 0.954. The summed E-state index contributed by atoms with van der Waals surface area (Å²) < 4.78 is 7.08. The second-order valence-corrected chi connectivity index (χ2v) is 5.51. The summed E-state index contributed by atoms with van der Waals surface area (Å²) in [6.07, 6.45) is 1.81. The standard InChI is InChI=1S/C11H16Br2N2O/c1-8(2)15(4-5-16-3)11-10(13)6-9(12)7-14-11/h6-8H,4-5H2,1-3H3. The first-order valence-electron chi connectivity index (χ1n) is 5.13. The lowest BCUT2D eigenvalue weighted by atomic mass is 10.3. The predicted molar refractivity (Wildman–Crippen MR) is 74.0 cm³/mol. The van der Waals surface area contributed by atoms with Gasteiger partial charge >= 0.3 is 0 Å². The number of aromatic nitrogens is 1. The Bertz CT molecular complexity index is 345. The first-order valence-corrected chi connectivity index (χ1v) is 6.71. The fourth-order valence-corrected chi connectivity index (χ4v) is 2.63. The Morgan fingerprint density at radius 1 is 1.44 bits per heavy atom. The van der Waals surface area contributed by atoms with E-state index in [4.69, 9.17) is 4.74 Å². The predicted octanol–water partition coefficient (Wildman–Crippen LogP) is 3.47. The molecule has 0 unspecified atom stereocenters. The molecule has 1 aromatic heterocycles. The fraction of sp³-hybridized carbons (Fsp3) is 0.545. The molecule has 0 aromatic carbocycles. The molecule has 1 aromatic rings. The van der Waals surface area contributed by atoms with Gasteiger partial charge in [-0.05, 0) is 51.8 Å². The van der Waals surface area contributed by atoms with E-state index in [1.54, 1.807) is 7.11 Å². The van der Waals surface area contributed by atoms with Gasteiger partial charge in [-0.3, -0.25) is 0 Å². The van der Waals surface area contributed by atoms with Gasteiger partial charge in [0.2, 0.25) is 0 Å². The van der Waals surface area contributed by atoms with Gasteiger partial charge in [0.05, 0.1) is 11.1 Å². The highest BCUT2D eigenvalue weighted by Gasteiger charge is 2.14. The zero-order valence-electron chi connectivity index (χ0n) is 9.70. The van der Waals surface area contributed by atoms with Gasteiger partial charge in [0, 0.05) is 30.4 Å². The van der Waals surface area contributed by atoms with E-state index in [1.807, 2.05) is 12.3 Å². The summed E-state index contributed by atoms with van der Waals surface area (Å²) >= 11 is 6.93. The van der Waals surface area contributed by atoms with Crippen LogP contribution in [0.3, 0.4) is 0 Å². The van der Waals surface area contributed by atoms with Crippen molar-refractivity contribution in [3.63, 3.8) is 0 Å². The van der Waals surface area contributed by atoms with Crippen LogP contribution in [0, 0.1) is 0 Å². The van der Waals surface area contributed by atoms with E-state index in [0.717, 1.165) is 21.3 Å². The molecule has 0 bridgehead atoms. The van der Waals surface area contributed by atoms with Crippen LogP contribution in [0.1, 0.15) is 13.8 Å². The molecular formula is C11H16Br2N2O. The van der Waals surface area contributed by atoms with E-state index in [-0.39, 0.29) is 0 Å². The van der Waals surface area contributed by atoms with Crippen LogP contribution < -0.4 is 4.90 Å². The molecule has 0 N–H and O–H groups in total. The number of anilines is 1. The van der Waals surface area contributed by atoms with Gasteiger partial charge < -0.3 is 9.64 Å². The molecule has 16 heavy (non-hydrogen) atoms. The number of pyridine rings is 1. The first-order chi connectivity index (χ1) is 7.56. The maximum Gasteiger partial charge on any atom is 0.143 e. The number of hydrogen-bond acceptors (Lipinski definition) is 3. The lowest BCUT2D eigenvalue weighted by molar-refractivity contribution is 0.203. The fourth-order valence-electron chi connectivity index (χ4n) is 1.42. The average molecular weight is 352 g/mol. The van der Waals surface area contributed by atoms with Gasteiger partial charge in [-0.2, -0.15) is 0 Å². The third-order valence-electron chi connectivity index (χ3n) is 2.22. The highest BCUT2D eigenvalue weighted by Crippen LogP contribution is 2.27. The van der Waals surface area contributed by atoms with Crippen LogP contribution in [-0.2, 0) is 4.74 Å². The molecule has 0 aliphatic carbocycles. The Hall–Kier alpha value is -0.130. The second-order valence-electron chi connectivity index (χ2n) is 3.74. The van der Waals surface area contributed by atoms with Crippen molar-refractivity contribution in [2.75, 3.05) is 25.2 Å². The molecule has 3 nitrogen and oxygen atoms in total. The molecule has 0 spiro atoms. The third-order valence-corrected chi connectivity index (χ3v) is 3.24. The largest absolute Gasteiger partial charge is 0.383 e. The van der Waals surface area contributed by atoms with Crippen LogP contribution in [-0.4, -0.2) is 31.3 Å². The number of rotatable bonds is 5. The van der Waals surface area contributed by atoms with Gasteiger partial charge in [-0.15, -0.1) is 0 Å². The Balaban J connectivity index is 2.92. The smallest absolute Gasteiger partial charge is 0.143 e. The molecule has 5 heteroatoms. The molecule has 0 atom stereocenters. The number of hydrogen-bond donors (Lipinski definition) is 0. The minimum atomic E-state index is 0.389. The Morgan fingerprint density at radius 3 is 2.62 bits per heavy atom. The van der Waals surface area contributed by atoms with E-state index in [0.29, 0.717) is 12.6 Å². The zero-order valence-corrected chi connectivity index (χ0v) is 12.9. The highest BCUT2D eigenvalue weighted by molar-refractivity contribution is 9.11. The summed E-state index contributed by atoms with van der Waals surface area (Å²) in [5.41, 5.74) is 0. The number of nitrogens with zero attached hydrogens (tertiary/aromatic N) is 2. The van der Waals surface area contributed by atoms with E-state index in [2.05, 4.69) is 55.6 Å². The molecule has 0 radical (unpaired) electrons. The van der Waals surface area contributed by atoms with E-state index < -0.39 is 0 Å². The molecule has 0 aliphatic rings. The minimum Gasteiger partial charge on any atom is -0.383 e. The van der Waals surface area contributed by atoms with Crippen molar-refractivity contribution in [2.45, 2.75) is 19.9 Å². The quantitative estimate of drug-likeness (QED) is 0.812. The van der Waals surface area contributed by atoms with Gasteiger partial charge in [0.1, 0.15) is 5.82 Å². The van der Waals surface area contributed by atoms with Crippen LogP contribution in [0.15, 0.2) is 21.2 Å². The number of methoxy groups -OCH3 is 1. The molecule has 90 valence electrons. The van der Waals surface area contributed by atoms with Crippen LogP contribution in [0.5, 0.6) is 0 Å². The van der Waals surface area contributed by atoms with Crippen LogP contribution in [0.25, 0.3) is 0 Å². The summed E-state index contributed by atoms with van der Waals surface area (Å²) in [6.45, 7) is 5.82. The van der Waals surface area contributed by atoms with Crippen LogP contribution in [0.2, 0.25) is 0 Å². The molecule has 0 saturated heterocycles. The molecule has 0 aliphatic heterocycles. The maximum atomic E-state index is 5.11. The summed E-state index contributed by atoms with van der Waals surface area (Å²) in [6, 6.07) is 2.39. The Morgan fingerprint density at radius 2 is 2.12 bits per heavy atom. The molecule has 0 fully saturated rings. The van der Waals surface area contributed by atoms with E-state index in [9.17, 15) is 0 Å². The summed E-state index contributed by atoms with van der Waals surface area (Å²) in [7, 11) is 1.71. The molecular weight excluding hydrogens is 336 g/mol. The number of halogens is 2. The van der Waals surface area contributed by atoms with Crippen molar-refractivity contribution in [2.24, 2.45) is 0 Å². The van der Waals surface area contributed by atoms with Crippen LogP contribution in [0.4, 0.5) is 5.82 Å². The van der Waals surface area contributed by atoms with Gasteiger partial charge in [0.25, 0.3) is 0 Å². The zero-order chi connectivity index (χ0) is 12.1. The molecule has 0 amide bonds. The average Bonchev–Trinajstić information content (AvgIpc) is 2.20. The lowest BCUT2D eigenvalue weighted by Gasteiger charge is -2.28. The second kappa shape index (κ2) is 6.57. The molecule has 1 rings (SSSR count). The third kappa shape index (κ3) is 3.71. The van der Waals surface area contributed by atoms with E-state index in [1.165, 1.54) is 0 Å². The normalized spacial score (nSPS) is 10.9. The monoisotopic (exact) mass is 350 g/mol. The van der Waals surface area contributed by atoms with Crippen molar-refractivity contribution in [1.29, 1.82) is 0 Å². The Labute approximate surface area is 113 Å². The van der Waals surface area contributed by atoms with E-state index >= 15 is 0 Å². The van der Waals surface area contributed by atoms with Gasteiger partial charge in [-0.25, -0.2) is 4.98 Å². The lowest BCUT2D eigenvalue weighted by Crippen LogP contribution is -2.34. The summed E-state index contributed by atoms with van der Waals surface area (Å²) in [4.78, 5) is 6.64. The maximum absolute atomic E-state index is 5.11. The molecule has 1 heterocycles. The van der Waals surface area contributed by atoms with Crippen molar-refractivity contribution in [3.05, 3.63) is 21.2 Å². The molecule has 0 saturated carbocycles. The van der Waals surface area contributed by atoms with Crippen LogP contribution >= 0.6 is 31.9 Å². The van der Waals surface area contributed by atoms with Crippen molar-refractivity contribution in [3.8, 4) is 0 Å². The Kier molecular flexibility index (Phi) is 5.72. The van der Waals surface area contributed by atoms with Gasteiger partial charge in [-0.1, -0.05) is 0 Å². The topological polar surface area (TPSA) is 25.4 Å². The number of ether oxygens (including phenoxy) is 1. The van der Waals surface area contributed by atoms with Crippen molar-refractivity contribution >= 4 is 37.7 Å². The minimum absolute atomic E-state index is 0.389. The SMILES string of the molecule is COCCN(c1ncc(Br)cc1Br)C(C)C.